The lowest BCUT2D eigenvalue weighted by Crippen LogP contribution is -2.54. The fourth-order valence-corrected chi connectivity index (χ4v) is 3.66. The number of nitrogens with one attached hydrogen (secondary N) is 3. The quantitative estimate of drug-likeness (QED) is 0.701. The van der Waals surface area contributed by atoms with E-state index in [0.29, 0.717) is 6.42 Å². The molecular formula is C18H21FN4O4. The van der Waals surface area contributed by atoms with Crippen molar-refractivity contribution in [2.75, 3.05) is 11.9 Å². The third-order valence-electron chi connectivity index (χ3n) is 5.18. The van der Waals surface area contributed by atoms with Gasteiger partial charge in [-0.2, -0.15) is 0 Å². The number of imide groups is 2. The van der Waals surface area contributed by atoms with Crippen LogP contribution in [0.25, 0.3) is 0 Å². The molecule has 8 nitrogen and oxygen atoms in total. The Morgan fingerprint density at radius 1 is 1.30 bits per heavy atom. The van der Waals surface area contributed by atoms with Gasteiger partial charge in [-0.05, 0) is 30.9 Å². The SMILES string of the molecule is C[C@@H]1CCCC[C@@]12NC(=O)N(CC(=O)NC(=O)Nc1ccccc1F)C2=O. The molecule has 1 heterocycles. The Labute approximate surface area is 155 Å². The lowest BCUT2D eigenvalue weighted by Gasteiger charge is -2.36. The lowest BCUT2D eigenvalue weighted by molar-refractivity contribution is -0.137. The normalized spacial score (nSPS) is 24.7. The molecule has 1 saturated heterocycles. The summed E-state index contributed by atoms with van der Waals surface area (Å²) in [7, 11) is 0. The van der Waals surface area contributed by atoms with Gasteiger partial charge in [-0.15, -0.1) is 0 Å². The van der Waals surface area contributed by atoms with Crippen molar-refractivity contribution in [3.8, 4) is 0 Å². The van der Waals surface area contributed by atoms with Crippen LogP contribution in [0.2, 0.25) is 0 Å². The van der Waals surface area contributed by atoms with Gasteiger partial charge >= 0.3 is 12.1 Å². The average Bonchev–Trinajstić information content (AvgIpc) is 2.84. The molecule has 6 amide bonds. The number of nitrogens with zero attached hydrogens (tertiary/aromatic N) is 1. The molecule has 144 valence electrons. The number of hydrogen-bond donors (Lipinski definition) is 3. The summed E-state index contributed by atoms with van der Waals surface area (Å²) in [5, 5.41) is 6.93. The average molecular weight is 376 g/mol. The van der Waals surface area contributed by atoms with Gasteiger partial charge in [-0.3, -0.25) is 19.8 Å². The van der Waals surface area contributed by atoms with Gasteiger partial charge in [-0.25, -0.2) is 14.0 Å². The van der Waals surface area contributed by atoms with E-state index in [2.05, 4.69) is 10.6 Å². The molecule has 1 saturated carbocycles. The fourth-order valence-electron chi connectivity index (χ4n) is 3.66. The number of para-hydroxylation sites is 1. The first-order chi connectivity index (χ1) is 12.8. The Hall–Kier alpha value is -2.97. The summed E-state index contributed by atoms with van der Waals surface area (Å²) in [6, 6.07) is 3.90. The molecule has 1 aromatic carbocycles. The van der Waals surface area contributed by atoms with Crippen LogP contribution in [0.4, 0.5) is 19.7 Å². The highest BCUT2D eigenvalue weighted by atomic mass is 19.1. The zero-order valence-corrected chi connectivity index (χ0v) is 14.9. The summed E-state index contributed by atoms with van der Waals surface area (Å²) in [4.78, 5) is 49.8. The van der Waals surface area contributed by atoms with Crippen molar-refractivity contribution in [3.05, 3.63) is 30.1 Å². The largest absolute Gasteiger partial charge is 0.326 e. The molecule has 2 fully saturated rings. The topological polar surface area (TPSA) is 108 Å². The zero-order chi connectivity index (χ0) is 19.6. The van der Waals surface area contributed by atoms with E-state index in [1.165, 1.54) is 18.2 Å². The van der Waals surface area contributed by atoms with Gasteiger partial charge in [0.15, 0.2) is 0 Å². The number of carbonyl (C=O) groups is 4. The molecule has 3 rings (SSSR count). The minimum Gasteiger partial charge on any atom is -0.323 e. The monoisotopic (exact) mass is 376 g/mol. The van der Waals surface area contributed by atoms with Crippen LogP contribution >= 0.6 is 0 Å². The third-order valence-corrected chi connectivity index (χ3v) is 5.18. The van der Waals surface area contributed by atoms with Gasteiger partial charge in [0.1, 0.15) is 17.9 Å². The highest BCUT2D eigenvalue weighted by molar-refractivity contribution is 6.10. The molecule has 27 heavy (non-hydrogen) atoms. The molecule has 9 heteroatoms. The molecule has 0 radical (unpaired) electrons. The van der Waals surface area contributed by atoms with E-state index < -0.39 is 41.8 Å². The second-order valence-electron chi connectivity index (χ2n) is 6.92. The molecule has 2 atom stereocenters. The van der Waals surface area contributed by atoms with Gasteiger partial charge in [0, 0.05) is 0 Å². The zero-order valence-electron chi connectivity index (χ0n) is 14.9. The third kappa shape index (κ3) is 3.62. The van der Waals surface area contributed by atoms with Gasteiger partial charge in [0.25, 0.3) is 5.91 Å². The van der Waals surface area contributed by atoms with Gasteiger partial charge in [-0.1, -0.05) is 31.9 Å². The van der Waals surface area contributed by atoms with Crippen molar-refractivity contribution < 1.29 is 23.6 Å². The van der Waals surface area contributed by atoms with Crippen molar-refractivity contribution >= 4 is 29.6 Å². The summed E-state index contributed by atoms with van der Waals surface area (Å²) in [6.45, 7) is 1.33. The Morgan fingerprint density at radius 3 is 2.74 bits per heavy atom. The predicted molar refractivity (Wildman–Crippen MR) is 94.2 cm³/mol. The maximum atomic E-state index is 13.5. The number of amides is 6. The molecule has 1 aliphatic heterocycles. The summed E-state index contributed by atoms with van der Waals surface area (Å²) in [6.07, 6.45) is 3.16. The van der Waals surface area contributed by atoms with Crippen LogP contribution in [-0.4, -0.2) is 40.9 Å². The van der Waals surface area contributed by atoms with E-state index in [1.54, 1.807) is 0 Å². The molecule has 1 aromatic rings. The van der Waals surface area contributed by atoms with E-state index in [4.69, 9.17) is 0 Å². The number of rotatable bonds is 3. The molecular weight excluding hydrogens is 355 g/mol. The Morgan fingerprint density at radius 2 is 2.04 bits per heavy atom. The molecule has 2 aliphatic rings. The lowest BCUT2D eigenvalue weighted by atomic mass is 9.73. The summed E-state index contributed by atoms with van der Waals surface area (Å²) in [5.74, 6) is -1.96. The summed E-state index contributed by atoms with van der Waals surface area (Å²) in [5.41, 5.74) is -1.06. The highest BCUT2D eigenvalue weighted by Crippen LogP contribution is 2.38. The highest BCUT2D eigenvalue weighted by Gasteiger charge is 2.55. The van der Waals surface area contributed by atoms with Crippen LogP contribution in [0, 0.1) is 11.7 Å². The van der Waals surface area contributed by atoms with Crippen molar-refractivity contribution in [1.82, 2.24) is 15.5 Å². The van der Waals surface area contributed by atoms with E-state index in [1.807, 2.05) is 12.2 Å². The van der Waals surface area contributed by atoms with E-state index in [-0.39, 0.29) is 11.6 Å². The van der Waals surface area contributed by atoms with Crippen LogP contribution < -0.4 is 16.0 Å². The Balaban J connectivity index is 1.60. The van der Waals surface area contributed by atoms with Crippen LogP contribution in [0.15, 0.2) is 24.3 Å². The number of urea groups is 2. The Kier molecular flexibility index (Phi) is 5.11. The van der Waals surface area contributed by atoms with Crippen LogP contribution in [0.1, 0.15) is 32.6 Å². The molecule has 0 unspecified atom stereocenters. The number of anilines is 1. The van der Waals surface area contributed by atoms with Gasteiger partial charge in [0.2, 0.25) is 5.91 Å². The van der Waals surface area contributed by atoms with Crippen molar-refractivity contribution in [2.24, 2.45) is 5.92 Å². The Bertz CT molecular complexity index is 799. The first-order valence-corrected chi connectivity index (χ1v) is 8.83. The summed E-state index contributed by atoms with van der Waals surface area (Å²) < 4.78 is 13.5. The first-order valence-electron chi connectivity index (χ1n) is 8.83. The van der Waals surface area contributed by atoms with Gasteiger partial charge in [0.05, 0.1) is 5.69 Å². The fraction of sp³-hybridized carbons (Fsp3) is 0.444. The van der Waals surface area contributed by atoms with Crippen LogP contribution in [-0.2, 0) is 9.59 Å². The number of carbonyl (C=O) groups excluding carboxylic acids is 4. The molecule has 1 aliphatic carbocycles. The maximum Gasteiger partial charge on any atom is 0.326 e. The standard InChI is InChI=1S/C18H21FN4O4/c1-11-6-4-5-9-18(11)15(25)23(17(27)22-18)10-14(24)21-16(26)20-13-8-3-2-7-12(13)19/h2-3,7-8,11H,4-6,9-10H2,1H3,(H,22,27)(H2,20,21,24,26)/t11-,18-/m1/s1. The van der Waals surface area contributed by atoms with Crippen molar-refractivity contribution in [3.63, 3.8) is 0 Å². The second kappa shape index (κ2) is 7.34. The van der Waals surface area contributed by atoms with Crippen molar-refractivity contribution in [2.45, 2.75) is 38.1 Å². The number of hydrogen-bond acceptors (Lipinski definition) is 4. The van der Waals surface area contributed by atoms with E-state index in [9.17, 15) is 23.6 Å². The van der Waals surface area contributed by atoms with Crippen molar-refractivity contribution in [1.29, 1.82) is 0 Å². The minimum atomic E-state index is -0.967. The van der Waals surface area contributed by atoms with E-state index >= 15 is 0 Å². The molecule has 3 N–H and O–H groups in total. The second-order valence-corrected chi connectivity index (χ2v) is 6.92. The first kappa shape index (κ1) is 18.8. The number of benzene rings is 1. The minimum absolute atomic E-state index is 0.0277. The van der Waals surface area contributed by atoms with E-state index in [0.717, 1.165) is 30.2 Å². The predicted octanol–water partition coefficient (Wildman–Crippen LogP) is 1.97. The van der Waals surface area contributed by atoms with Crippen LogP contribution in [0.3, 0.4) is 0 Å². The molecule has 1 spiro atoms. The van der Waals surface area contributed by atoms with Gasteiger partial charge < -0.3 is 10.6 Å². The smallest absolute Gasteiger partial charge is 0.323 e. The molecule has 0 aromatic heterocycles. The number of halogens is 1. The maximum absolute atomic E-state index is 13.5. The summed E-state index contributed by atoms with van der Waals surface area (Å²) >= 11 is 0. The molecule has 0 bridgehead atoms. The van der Waals surface area contributed by atoms with Crippen LogP contribution in [0.5, 0.6) is 0 Å².